The quantitative estimate of drug-likeness (QED) is 0.806. The van der Waals surface area contributed by atoms with Crippen LogP contribution in [0.1, 0.15) is 20.3 Å². The monoisotopic (exact) mass is 292 g/mol. The summed E-state index contributed by atoms with van der Waals surface area (Å²) in [4.78, 5) is 4.40. The number of pyridine rings is 1. The Labute approximate surface area is 125 Å². The van der Waals surface area contributed by atoms with Crippen LogP contribution in [0.3, 0.4) is 0 Å². The number of alkyl halides is 1. The molecule has 108 valence electrons. The lowest BCUT2D eigenvalue weighted by atomic mass is 10.1. The minimum Gasteiger partial charge on any atom is -0.497 e. The Kier molecular flexibility index (Phi) is 5.07. The summed E-state index contributed by atoms with van der Waals surface area (Å²) in [5.41, 5.74) is 0. The Bertz CT molecular complexity index is 571. The van der Waals surface area contributed by atoms with E-state index in [0.29, 0.717) is 5.92 Å². The molecule has 0 saturated heterocycles. The van der Waals surface area contributed by atoms with Crippen LogP contribution in [0.4, 0.5) is 5.82 Å². The summed E-state index contributed by atoms with van der Waals surface area (Å²) in [5.74, 6) is 2.33. The molecule has 4 heteroatoms. The summed E-state index contributed by atoms with van der Waals surface area (Å²) in [7, 11) is 1.67. The van der Waals surface area contributed by atoms with Crippen molar-refractivity contribution in [3.63, 3.8) is 0 Å². The molecule has 1 aromatic carbocycles. The standard InChI is InChI=1S/C16H21ClN2O/c1-11(2)8-13(17)10-19-16-15-5-4-14(20-3)9-12(15)6-7-18-16/h4-7,9,11,13H,8,10H2,1-3H3,(H,18,19). The first-order valence-corrected chi connectivity index (χ1v) is 7.34. The Morgan fingerprint density at radius 2 is 2.10 bits per heavy atom. The first-order chi connectivity index (χ1) is 9.60. The van der Waals surface area contributed by atoms with Gasteiger partial charge in [0.25, 0.3) is 0 Å². The highest BCUT2D eigenvalue weighted by Crippen LogP contribution is 2.25. The zero-order chi connectivity index (χ0) is 14.5. The number of rotatable bonds is 6. The van der Waals surface area contributed by atoms with Crippen molar-refractivity contribution < 1.29 is 4.74 Å². The topological polar surface area (TPSA) is 34.1 Å². The van der Waals surface area contributed by atoms with Crippen LogP contribution in [0.2, 0.25) is 0 Å². The molecule has 0 fully saturated rings. The zero-order valence-corrected chi connectivity index (χ0v) is 12.9. The van der Waals surface area contributed by atoms with Crippen molar-refractivity contribution in [2.45, 2.75) is 25.6 Å². The first-order valence-electron chi connectivity index (χ1n) is 6.91. The minimum atomic E-state index is 0.116. The van der Waals surface area contributed by atoms with Gasteiger partial charge < -0.3 is 10.1 Å². The van der Waals surface area contributed by atoms with Gasteiger partial charge in [-0.2, -0.15) is 0 Å². The second kappa shape index (κ2) is 6.80. The molecule has 1 atom stereocenters. The van der Waals surface area contributed by atoms with Gasteiger partial charge in [0.05, 0.1) is 12.5 Å². The van der Waals surface area contributed by atoms with Gasteiger partial charge in [-0.05, 0) is 42.0 Å². The predicted molar refractivity (Wildman–Crippen MR) is 85.9 cm³/mol. The lowest BCUT2D eigenvalue weighted by Crippen LogP contribution is -2.17. The number of fused-ring (bicyclic) bond motifs is 1. The van der Waals surface area contributed by atoms with E-state index in [-0.39, 0.29) is 5.38 Å². The molecule has 0 bridgehead atoms. The van der Waals surface area contributed by atoms with Gasteiger partial charge in [-0.1, -0.05) is 13.8 Å². The normalized spacial score (nSPS) is 12.7. The molecule has 0 spiro atoms. The van der Waals surface area contributed by atoms with E-state index in [2.05, 4.69) is 24.1 Å². The number of anilines is 1. The Balaban J connectivity index is 2.14. The molecule has 1 unspecified atom stereocenters. The van der Waals surface area contributed by atoms with Gasteiger partial charge in [0.1, 0.15) is 11.6 Å². The van der Waals surface area contributed by atoms with Crippen molar-refractivity contribution in [1.29, 1.82) is 0 Å². The third-order valence-corrected chi connectivity index (χ3v) is 3.52. The van der Waals surface area contributed by atoms with E-state index >= 15 is 0 Å². The number of aromatic nitrogens is 1. The number of hydrogen-bond donors (Lipinski definition) is 1. The van der Waals surface area contributed by atoms with Crippen LogP contribution >= 0.6 is 11.6 Å². The Morgan fingerprint density at radius 1 is 1.30 bits per heavy atom. The van der Waals surface area contributed by atoms with Crippen LogP contribution in [-0.4, -0.2) is 24.0 Å². The van der Waals surface area contributed by atoms with Crippen molar-refractivity contribution in [2.24, 2.45) is 5.92 Å². The van der Waals surface area contributed by atoms with Crippen LogP contribution in [-0.2, 0) is 0 Å². The van der Waals surface area contributed by atoms with Gasteiger partial charge in [-0.25, -0.2) is 4.98 Å². The fourth-order valence-corrected chi connectivity index (χ4v) is 2.66. The average molecular weight is 293 g/mol. The highest BCUT2D eigenvalue weighted by Gasteiger charge is 2.09. The molecule has 0 aliphatic carbocycles. The predicted octanol–water partition coefficient (Wildman–Crippen LogP) is 4.31. The molecule has 0 aliphatic rings. The van der Waals surface area contributed by atoms with E-state index in [1.807, 2.05) is 24.3 Å². The average Bonchev–Trinajstić information content (AvgIpc) is 2.43. The molecule has 20 heavy (non-hydrogen) atoms. The molecular weight excluding hydrogens is 272 g/mol. The molecule has 0 saturated carbocycles. The molecular formula is C16H21ClN2O. The summed E-state index contributed by atoms with van der Waals surface area (Å²) in [6.45, 7) is 5.08. The van der Waals surface area contributed by atoms with E-state index in [9.17, 15) is 0 Å². The van der Waals surface area contributed by atoms with E-state index in [0.717, 1.165) is 35.3 Å². The van der Waals surface area contributed by atoms with Crippen LogP contribution in [0, 0.1) is 5.92 Å². The van der Waals surface area contributed by atoms with Gasteiger partial charge in [-0.3, -0.25) is 0 Å². The minimum absolute atomic E-state index is 0.116. The number of ether oxygens (including phenoxy) is 1. The maximum Gasteiger partial charge on any atom is 0.133 e. The molecule has 0 amide bonds. The third-order valence-electron chi connectivity index (χ3n) is 3.19. The SMILES string of the molecule is COc1ccc2c(NCC(Cl)CC(C)C)nccc2c1. The van der Waals surface area contributed by atoms with Crippen molar-refractivity contribution >= 4 is 28.2 Å². The molecule has 1 heterocycles. The Hall–Kier alpha value is -1.48. The van der Waals surface area contributed by atoms with Crippen molar-refractivity contribution in [3.8, 4) is 5.75 Å². The van der Waals surface area contributed by atoms with Crippen molar-refractivity contribution in [2.75, 3.05) is 19.0 Å². The number of benzene rings is 1. The number of hydrogen-bond acceptors (Lipinski definition) is 3. The molecule has 0 radical (unpaired) electrons. The number of nitrogens with zero attached hydrogens (tertiary/aromatic N) is 1. The van der Waals surface area contributed by atoms with E-state index in [1.165, 1.54) is 0 Å². The van der Waals surface area contributed by atoms with E-state index in [1.54, 1.807) is 13.3 Å². The summed E-state index contributed by atoms with van der Waals surface area (Å²) >= 11 is 6.31. The van der Waals surface area contributed by atoms with Gasteiger partial charge in [0.2, 0.25) is 0 Å². The van der Waals surface area contributed by atoms with Gasteiger partial charge in [0.15, 0.2) is 0 Å². The fraction of sp³-hybridized carbons (Fsp3) is 0.438. The van der Waals surface area contributed by atoms with Gasteiger partial charge in [-0.15, -0.1) is 11.6 Å². The summed E-state index contributed by atoms with van der Waals surface area (Å²) in [6, 6.07) is 7.96. The maximum absolute atomic E-state index is 6.31. The van der Waals surface area contributed by atoms with Crippen molar-refractivity contribution in [3.05, 3.63) is 30.5 Å². The molecule has 0 aliphatic heterocycles. The highest BCUT2D eigenvalue weighted by molar-refractivity contribution is 6.21. The lowest BCUT2D eigenvalue weighted by molar-refractivity contribution is 0.415. The third kappa shape index (κ3) is 3.76. The van der Waals surface area contributed by atoms with Crippen LogP contribution in [0.5, 0.6) is 5.75 Å². The summed E-state index contributed by atoms with van der Waals surface area (Å²) in [6.07, 6.45) is 2.79. The smallest absolute Gasteiger partial charge is 0.133 e. The van der Waals surface area contributed by atoms with Crippen molar-refractivity contribution in [1.82, 2.24) is 4.98 Å². The highest BCUT2D eigenvalue weighted by atomic mass is 35.5. The maximum atomic E-state index is 6.31. The largest absolute Gasteiger partial charge is 0.497 e. The number of methoxy groups -OCH3 is 1. The van der Waals surface area contributed by atoms with Crippen LogP contribution in [0.25, 0.3) is 10.8 Å². The fourth-order valence-electron chi connectivity index (χ4n) is 2.23. The molecule has 1 N–H and O–H groups in total. The first kappa shape index (κ1) is 14.9. The molecule has 2 rings (SSSR count). The van der Waals surface area contributed by atoms with E-state index < -0.39 is 0 Å². The second-order valence-corrected chi connectivity index (χ2v) is 5.97. The number of nitrogens with one attached hydrogen (secondary N) is 1. The second-order valence-electron chi connectivity index (χ2n) is 5.35. The van der Waals surface area contributed by atoms with Gasteiger partial charge >= 0.3 is 0 Å². The summed E-state index contributed by atoms with van der Waals surface area (Å²) in [5, 5.41) is 5.66. The van der Waals surface area contributed by atoms with Crippen LogP contribution in [0.15, 0.2) is 30.5 Å². The zero-order valence-electron chi connectivity index (χ0n) is 12.2. The molecule has 2 aromatic rings. The van der Waals surface area contributed by atoms with Gasteiger partial charge in [0, 0.05) is 18.1 Å². The number of halogens is 1. The lowest BCUT2D eigenvalue weighted by Gasteiger charge is -2.14. The van der Waals surface area contributed by atoms with Crippen LogP contribution < -0.4 is 10.1 Å². The molecule has 3 nitrogen and oxygen atoms in total. The van der Waals surface area contributed by atoms with E-state index in [4.69, 9.17) is 16.3 Å². The molecule has 1 aromatic heterocycles. The summed E-state index contributed by atoms with van der Waals surface area (Å²) < 4.78 is 5.24. The Morgan fingerprint density at radius 3 is 2.80 bits per heavy atom.